The maximum atomic E-state index is 13.9. The van der Waals surface area contributed by atoms with Gasteiger partial charge in [-0.25, -0.2) is 19.7 Å². The Labute approximate surface area is 270 Å². The number of methoxy groups -OCH3 is 1. The van der Waals surface area contributed by atoms with E-state index in [4.69, 9.17) is 14.7 Å². The fourth-order valence-electron chi connectivity index (χ4n) is 7.39. The number of anilines is 3. The zero-order chi connectivity index (χ0) is 32.3. The molecule has 0 bridgehead atoms. The van der Waals surface area contributed by atoms with E-state index < -0.39 is 11.4 Å². The van der Waals surface area contributed by atoms with E-state index in [1.54, 1.807) is 12.3 Å². The van der Waals surface area contributed by atoms with Gasteiger partial charge in [-0.3, -0.25) is 4.79 Å². The molecule has 0 unspecified atom stereocenters. The highest BCUT2D eigenvalue weighted by molar-refractivity contribution is 6.09. The summed E-state index contributed by atoms with van der Waals surface area (Å²) < 4.78 is 7.06. The molecule has 1 N–H and O–H groups in total. The highest BCUT2D eigenvalue weighted by atomic mass is 16.5. The molecule has 4 aromatic rings. The maximum Gasteiger partial charge on any atom is 0.338 e. The Balaban J connectivity index is 1.26. The molecule has 0 radical (unpaired) electrons. The first-order chi connectivity index (χ1) is 22.1. The number of carbonyl (C=O) groups excluding carboxylic acids is 2. The minimum atomic E-state index is -0.585. The van der Waals surface area contributed by atoms with E-state index in [0.717, 1.165) is 51.9 Å². The van der Waals surface area contributed by atoms with Gasteiger partial charge >= 0.3 is 5.97 Å². The van der Waals surface area contributed by atoms with Crippen LogP contribution in [0.3, 0.4) is 0 Å². The van der Waals surface area contributed by atoms with Crippen molar-refractivity contribution in [2.24, 2.45) is 0 Å². The minimum Gasteiger partial charge on any atom is -0.465 e. The summed E-state index contributed by atoms with van der Waals surface area (Å²) in [7, 11) is 1.37. The van der Waals surface area contributed by atoms with Crippen molar-refractivity contribution < 1.29 is 14.3 Å². The predicted molar refractivity (Wildman–Crippen MR) is 180 cm³/mol. The van der Waals surface area contributed by atoms with Gasteiger partial charge in [0.15, 0.2) is 5.82 Å². The lowest BCUT2D eigenvalue weighted by Gasteiger charge is -2.48. The van der Waals surface area contributed by atoms with Gasteiger partial charge in [0, 0.05) is 35.6 Å². The number of aromatic nitrogens is 4. The number of nitrogens with one attached hydrogen (secondary N) is 1. The van der Waals surface area contributed by atoms with Gasteiger partial charge in [0.25, 0.3) is 0 Å². The number of amides is 1. The van der Waals surface area contributed by atoms with E-state index >= 15 is 0 Å². The van der Waals surface area contributed by atoms with Crippen LogP contribution in [-0.2, 0) is 14.9 Å². The Morgan fingerprint density at radius 2 is 1.80 bits per heavy atom. The Bertz CT molecular complexity index is 1830. The van der Waals surface area contributed by atoms with Crippen LogP contribution in [0.15, 0.2) is 42.9 Å². The molecule has 0 spiro atoms. The molecule has 3 aromatic heterocycles. The van der Waals surface area contributed by atoms with Gasteiger partial charge in [-0.2, -0.15) is 0 Å². The van der Waals surface area contributed by atoms with Gasteiger partial charge < -0.3 is 24.4 Å². The molecule has 0 atom stereocenters. The van der Waals surface area contributed by atoms with Crippen molar-refractivity contribution in [2.75, 3.05) is 30.4 Å². The highest BCUT2D eigenvalue weighted by Gasteiger charge is 2.50. The quantitative estimate of drug-likeness (QED) is 0.232. The molecule has 10 heteroatoms. The third kappa shape index (κ3) is 5.03. The monoisotopic (exact) mass is 621 g/mol. The Morgan fingerprint density at radius 1 is 1.04 bits per heavy atom. The Kier molecular flexibility index (Phi) is 7.58. The van der Waals surface area contributed by atoms with Crippen molar-refractivity contribution in [3.63, 3.8) is 0 Å². The summed E-state index contributed by atoms with van der Waals surface area (Å²) >= 11 is 0. The van der Waals surface area contributed by atoms with Gasteiger partial charge in [-0.05, 0) is 103 Å². The van der Waals surface area contributed by atoms with Gasteiger partial charge in [-0.15, -0.1) is 0 Å². The molecule has 2 fully saturated rings. The fraction of sp³-hybridized carbons (Fsp3) is 0.472. The molecular weight excluding hydrogens is 578 g/mol. The number of rotatable bonds is 7. The molecule has 1 aromatic carbocycles. The van der Waals surface area contributed by atoms with Crippen LogP contribution >= 0.6 is 0 Å². The lowest BCUT2D eigenvalue weighted by molar-refractivity contribution is -0.123. The van der Waals surface area contributed by atoms with Gasteiger partial charge in [0.05, 0.1) is 35.6 Å². The fourth-order valence-corrected chi connectivity index (χ4v) is 7.39. The Hall–Kier alpha value is -4.31. The zero-order valence-electron chi connectivity index (χ0n) is 27.6. The lowest BCUT2D eigenvalue weighted by Crippen LogP contribution is -2.57. The van der Waals surface area contributed by atoms with Crippen LogP contribution in [0.25, 0.3) is 22.3 Å². The summed E-state index contributed by atoms with van der Waals surface area (Å²) in [5.41, 5.74) is 5.92. The average molecular weight is 622 g/mol. The number of hydrogen-bond acceptors (Lipinski definition) is 8. The minimum absolute atomic E-state index is 0.146. The topological polar surface area (TPSA) is 105 Å². The molecule has 5 heterocycles. The molecular formula is C36H43N7O3. The van der Waals surface area contributed by atoms with E-state index in [9.17, 15) is 9.59 Å². The number of likely N-dealkylation sites (tertiary alicyclic amines) is 1. The molecule has 240 valence electrons. The molecule has 1 aliphatic carbocycles. The van der Waals surface area contributed by atoms with Gasteiger partial charge in [0.2, 0.25) is 5.91 Å². The molecule has 1 saturated heterocycles. The first-order valence-corrected chi connectivity index (χ1v) is 16.5. The van der Waals surface area contributed by atoms with Gasteiger partial charge in [0.1, 0.15) is 11.3 Å². The third-order valence-corrected chi connectivity index (χ3v) is 10.2. The van der Waals surface area contributed by atoms with Crippen molar-refractivity contribution in [2.45, 2.75) is 90.3 Å². The van der Waals surface area contributed by atoms with E-state index in [-0.39, 0.29) is 18.0 Å². The van der Waals surface area contributed by atoms with E-state index in [0.29, 0.717) is 23.2 Å². The van der Waals surface area contributed by atoms with E-state index in [2.05, 4.69) is 56.7 Å². The smallest absolute Gasteiger partial charge is 0.338 e. The number of piperidine rings is 1. The van der Waals surface area contributed by atoms with Crippen LogP contribution in [0, 0.1) is 6.92 Å². The summed E-state index contributed by atoms with van der Waals surface area (Å²) in [6.07, 6.45) is 9.40. The molecule has 10 nitrogen and oxygen atoms in total. The second-order valence-electron chi connectivity index (χ2n) is 13.9. The maximum absolute atomic E-state index is 13.9. The van der Waals surface area contributed by atoms with Crippen molar-refractivity contribution in [1.29, 1.82) is 0 Å². The second-order valence-corrected chi connectivity index (χ2v) is 13.9. The number of ether oxygens (including phenoxy) is 1. The largest absolute Gasteiger partial charge is 0.465 e. The summed E-state index contributed by atoms with van der Waals surface area (Å²) in [4.78, 5) is 45.4. The normalized spacial score (nSPS) is 21.0. The molecule has 1 amide bonds. The number of hydrogen-bond donors (Lipinski definition) is 1. The first-order valence-electron chi connectivity index (χ1n) is 16.5. The molecule has 3 aliphatic rings. The number of aryl methyl sites for hydroxylation is 1. The molecule has 7 rings (SSSR count). The molecule has 2 aliphatic heterocycles. The van der Waals surface area contributed by atoms with Crippen molar-refractivity contribution in [1.82, 2.24) is 24.4 Å². The standard InChI is InChI=1S/C36H43N7O3/c1-21(2)42-20-38-29-18-28(39-33(32(29)42)40-31-17-26(34(44)46-6)22(3)19-37-31)23-10-11-27-30(14-23)43(35(45)36(27,4)5)25-15-24(16-25)41-12-8-7-9-13-41/h10-11,14,17-21,24-25H,7-9,12-13,15-16H2,1-6H3,(H,37,39,40)/t24-,25+. The molecule has 1 saturated carbocycles. The third-order valence-electron chi connectivity index (χ3n) is 10.2. The summed E-state index contributed by atoms with van der Waals surface area (Å²) in [5.74, 6) is 0.822. The highest BCUT2D eigenvalue weighted by Crippen LogP contribution is 2.48. The molecule has 46 heavy (non-hydrogen) atoms. The number of imidazole rings is 1. The van der Waals surface area contributed by atoms with Crippen molar-refractivity contribution >= 4 is 40.2 Å². The number of pyridine rings is 2. The van der Waals surface area contributed by atoms with Crippen LogP contribution in [0.2, 0.25) is 0 Å². The first kappa shape index (κ1) is 30.3. The van der Waals surface area contributed by atoms with Crippen LogP contribution in [0.1, 0.15) is 87.3 Å². The lowest BCUT2D eigenvalue weighted by atomic mass is 9.82. The second kappa shape index (κ2) is 11.5. The average Bonchev–Trinajstić information content (AvgIpc) is 3.55. The SMILES string of the molecule is COC(=O)c1cc(Nc2nc(-c3ccc4c(c3)N([C@H]3C[C@@H](N5CCCCC5)C3)C(=O)C4(C)C)cc3ncn(C(C)C)c23)ncc1C. The van der Waals surface area contributed by atoms with Crippen LogP contribution in [-0.4, -0.2) is 68.6 Å². The zero-order valence-corrected chi connectivity index (χ0v) is 27.6. The van der Waals surface area contributed by atoms with Crippen LogP contribution in [0.5, 0.6) is 0 Å². The number of nitrogens with zero attached hydrogens (tertiary/aromatic N) is 6. The van der Waals surface area contributed by atoms with Crippen molar-refractivity contribution in [3.05, 3.63) is 59.5 Å². The number of esters is 1. The number of benzene rings is 1. The van der Waals surface area contributed by atoms with Crippen LogP contribution < -0.4 is 10.2 Å². The Morgan fingerprint density at radius 3 is 2.52 bits per heavy atom. The predicted octanol–water partition coefficient (Wildman–Crippen LogP) is 6.55. The van der Waals surface area contributed by atoms with Crippen molar-refractivity contribution in [3.8, 4) is 11.3 Å². The van der Waals surface area contributed by atoms with Gasteiger partial charge in [-0.1, -0.05) is 18.6 Å². The number of carbonyl (C=O) groups is 2. The van der Waals surface area contributed by atoms with E-state index in [1.165, 1.54) is 39.5 Å². The number of fused-ring (bicyclic) bond motifs is 2. The summed E-state index contributed by atoms with van der Waals surface area (Å²) in [5, 5.41) is 3.38. The van der Waals surface area contributed by atoms with E-state index in [1.807, 2.05) is 33.2 Å². The van der Waals surface area contributed by atoms with Crippen LogP contribution in [0.4, 0.5) is 17.3 Å². The summed E-state index contributed by atoms with van der Waals surface area (Å²) in [6.45, 7) is 12.5. The summed E-state index contributed by atoms with van der Waals surface area (Å²) in [6, 6.07) is 10.9.